The highest BCUT2D eigenvalue weighted by molar-refractivity contribution is 5.42. The summed E-state index contributed by atoms with van der Waals surface area (Å²) in [5.41, 5.74) is 0.873. The lowest BCUT2D eigenvalue weighted by Gasteiger charge is -2.21. The smallest absolute Gasteiger partial charge is 0.128 e. The second-order valence-corrected chi connectivity index (χ2v) is 5.23. The molecule has 0 aliphatic heterocycles. The van der Waals surface area contributed by atoms with Crippen LogP contribution in [0.4, 0.5) is 0 Å². The van der Waals surface area contributed by atoms with Gasteiger partial charge in [0.15, 0.2) is 0 Å². The number of aliphatic hydroxyl groups is 1. The highest BCUT2D eigenvalue weighted by Crippen LogP contribution is 2.41. The summed E-state index contributed by atoms with van der Waals surface area (Å²) in [7, 11) is 3.26. The Morgan fingerprint density at radius 2 is 2.00 bits per heavy atom. The molecule has 100 valence electrons. The third kappa shape index (κ3) is 2.61. The molecule has 1 N–H and O–H groups in total. The van der Waals surface area contributed by atoms with Gasteiger partial charge in [0.1, 0.15) is 11.5 Å². The zero-order valence-corrected chi connectivity index (χ0v) is 11.3. The minimum absolute atomic E-state index is 0.349. The molecule has 18 heavy (non-hydrogen) atoms. The molecule has 0 saturated heterocycles. The molecule has 2 rings (SSSR count). The molecule has 1 fully saturated rings. The van der Waals surface area contributed by atoms with Crippen LogP contribution in [0.25, 0.3) is 0 Å². The molecular weight excluding hydrogens is 228 g/mol. The van der Waals surface area contributed by atoms with E-state index in [1.54, 1.807) is 14.2 Å². The van der Waals surface area contributed by atoms with Crippen molar-refractivity contribution in [3.63, 3.8) is 0 Å². The van der Waals surface area contributed by atoms with Crippen LogP contribution in [0.2, 0.25) is 0 Å². The summed E-state index contributed by atoms with van der Waals surface area (Å²) in [4.78, 5) is 0. The van der Waals surface area contributed by atoms with Gasteiger partial charge in [0.25, 0.3) is 0 Å². The van der Waals surface area contributed by atoms with Crippen molar-refractivity contribution < 1.29 is 14.6 Å². The average Bonchev–Trinajstić information content (AvgIpc) is 2.83. The molecule has 0 bridgehead atoms. The summed E-state index contributed by atoms with van der Waals surface area (Å²) < 4.78 is 10.5. The fourth-order valence-corrected chi connectivity index (χ4v) is 2.85. The Hall–Kier alpha value is -1.22. The minimum Gasteiger partial charge on any atom is -0.497 e. The Morgan fingerprint density at radius 1 is 1.22 bits per heavy atom. The van der Waals surface area contributed by atoms with E-state index in [1.165, 1.54) is 6.42 Å². The Kier molecular flexibility index (Phi) is 4.12. The third-order valence-corrected chi connectivity index (χ3v) is 3.94. The van der Waals surface area contributed by atoms with Gasteiger partial charge in [-0.05, 0) is 36.8 Å². The predicted molar refractivity (Wildman–Crippen MR) is 71.0 cm³/mol. The van der Waals surface area contributed by atoms with E-state index < -0.39 is 6.10 Å². The van der Waals surface area contributed by atoms with Gasteiger partial charge in [0.2, 0.25) is 0 Å². The molecule has 0 aromatic heterocycles. The predicted octanol–water partition coefficient (Wildman–Crippen LogP) is 3.17. The van der Waals surface area contributed by atoms with Crippen molar-refractivity contribution in [1.29, 1.82) is 0 Å². The van der Waals surface area contributed by atoms with E-state index in [9.17, 15) is 5.11 Å². The maximum Gasteiger partial charge on any atom is 0.128 e. The van der Waals surface area contributed by atoms with Crippen molar-refractivity contribution in [2.45, 2.75) is 32.3 Å². The standard InChI is InChI=1S/C15H22O3/c1-10-4-5-11(8-10)15(16)13-7-6-12(17-2)9-14(13)18-3/h6-7,9-11,15-16H,4-5,8H2,1-3H3. The lowest BCUT2D eigenvalue weighted by Crippen LogP contribution is -2.11. The van der Waals surface area contributed by atoms with Crippen LogP contribution in [0.3, 0.4) is 0 Å². The van der Waals surface area contributed by atoms with Gasteiger partial charge in [-0.15, -0.1) is 0 Å². The first-order valence-corrected chi connectivity index (χ1v) is 6.55. The van der Waals surface area contributed by atoms with Crippen molar-refractivity contribution in [3.05, 3.63) is 23.8 Å². The van der Waals surface area contributed by atoms with Crippen LogP contribution < -0.4 is 9.47 Å². The molecule has 0 amide bonds. The summed E-state index contributed by atoms with van der Waals surface area (Å²) in [5.74, 6) is 2.53. The number of methoxy groups -OCH3 is 2. The summed E-state index contributed by atoms with van der Waals surface area (Å²) in [6.45, 7) is 2.25. The topological polar surface area (TPSA) is 38.7 Å². The molecule has 0 heterocycles. The Bertz CT molecular complexity index is 403. The second-order valence-electron chi connectivity index (χ2n) is 5.23. The first-order chi connectivity index (χ1) is 8.65. The van der Waals surface area contributed by atoms with Crippen LogP contribution in [0.1, 0.15) is 37.9 Å². The van der Waals surface area contributed by atoms with Crippen molar-refractivity contribution in [1.82, 2.24) is 0 Å². The van der Waals surface area contributed by atoms with E-state index in [-0.39, 0.29) is 0 Å². The van der Waals surface area contributed by atoms with Gasteiger partial charge in [0.05, 0.1) is 20.3 Å². The van der Waals surface area contributed by atoms with Crippen LogP contribution in [0, 0.1) is 11.8 Å². The molecule has 1 aromatic rings. The first-order valence-electron chi connectivity index (χ1n) is 6.55. The minimum atomic E-state index is -0.434. The van der Waals surface area contributed by atoms with E-state index in [1.807, 2.05) is 18.2 Å². The molecule has 0 radical (unpaired) electrons. The molecule has 3 heteroatoms. The van der Waals surface area contributed by atoms with Crippen molar-refractivity contribution in [2.75, 3.05) is 14.2 Å². The van der Waals surface area contributed by atoms with Crippen LogP contribution in [0.5, 0.6) is 11.5 Å². The molecule has 3 unspecified atom stereocenters. The largest absolute Gasteiger partial charge is 0.497 e. The van der Waals surface area contributed by atoms with E-state index in [0.717, 1.165) is 24.2 Å². The summed E-state index contributed by atoms with van der Waals surface area (Å²) in [6, 6.07) is 5.61. The van der Waals surface area contributed by atoms with E-state index in [2.05, 4.69) is 6.92 Å². The molecular formula is C15H22O3. The molecule has 1 saturated carbocycles. The quantitative estimate of drug-likeness (QED) is 0.892. The van der Waals surface area contributed by atoms with Gasteiger partial charge in [-0.2, -0.15) is 0 Å². The maximum atomic E-state index is 10.5. The number of rotatable bonds is 4. The van der Waals surface area contributed by atoms with E-state index in [4.69, 9.17) is 9.47 Å². The normalized spacial score (nSPS) is 24.9. The summed E-state index contributed by atoms with van der Waals surface area (Å²) in [6.07, 6.45) is 2.96. The van der Waals surface area contributed by atoms with Crippen LogP contribution in [-0.2, 0) is 0 Å². The monoisotopic (exact) mass is 250 g/mol. The SMILES string of the molecule is COc1ccc(C(O)C2CCC(C)C2)c(OC)c1. The molecule has 0 spiro atoms. The van der Waals surface area contributed by atoms with E-state index >= 15 is 0 Å². The van der Waals surface area contributed by atoms with Gasteiger partial charge in [-0.3, -0.25) is 0 Å². The zero-order valence-electron chi connectivity index (χ0n) is 11.3. The lowest BCUT2D eigenvalue weighted by molar-refractivity contribution is 0.106. The van der Waals surface area contributed by atoms with Crippen molar-refractivity contribution in [2.24, 2.45) is 11.8 Å². The maximum absolute atomic E-state index is 10.5. The molecule has 1 aliphatic rings. The van der Waals surface area contributed by atoms with Gasteiger partial charge >= 0.3 is 0 Å². The Morgan fingerprint density at radius 3 is 2.56 bits per heavy atom. The molecule has 1 aromatic carbocycles. The fraction of sp³-hybridized carbons (Fsp3) is 0.600. The number of ether oxygens (including phenoxy) is 2. The zero-order chi connectivity index (χ0) is 13.1. The van der Waals surface area contributed by atoms with Gasteiger partial charge in [-0.25, -0.2) is 0 Å². The number of hydrogen-bond donors (Lipinski definition) is 1. The Labute approximate surface area is 109 Å². The van der Waals surface area contributed by atoms with E-state index in [0.29, 0.717) is 17.6 Å². The summed E-state index contributed by atoms with van der Waals surface area (Å²) in [5, 5.41) is 10.5. The van der Waals surface area contributed by atoms with Crippen LogP contribution in [-0.4, -0.2) is 19.3 Å². The number of hydrogen-bond acceptors (Lipinski definition) is 3. The lowest BCUT2D eigenvalue weighted by atomic mass is 9.93. The van der Waals surface area contributed by atoms with Crippen molar-refractivity contribution >= 4 is 0 Å². The molecule has 3 atom stereocenters. The highest BCUT2D eigenvalue weighted by Gasteiger charge is 2.30. The summed E-state index contributed by atoms with van der Waals surface area (Å²) >= 11 is 0. The molecule has 3 nitrogen and oxygen atoms in total. The van der Waals surface area contributed by atoms with Crippen molar-refractivity contribution in [3.8, 4) is 11.5 Å². The molecule has 1 aliphatic carbocycles. The number of aliphatic hydroxyl groups excluding tert-OH is 1. The average molecular weight is 250 g/mol. The fourth-order valence-electron chi connectivity index (χ4n) is 2.85. The van der Waals surface area contributed by atoms with Gasteiger partial charge in [-0.1, -0.05) is 13.3 Å². The third-order valence-electron chi connectivity index (χ3n) is 3.94. The number of benzene rings is 1. The van der Waals surface area contributed by atoms with Gasteiger partial charge in [0, 0.05) is 11.6 Å². The van der Waals surface area contributed by atoms with Crippen LogP contribution >= 0.6 is 0 Å². The second kappa shape index (κ2) is 5.61. The van der Waals surface area contributed by atoms with Gasteiger partial charge < -0.3 is 14.6 Å². The first kappa shape index (κ1) is 13.2. The highest BCUT2D eigenvalue weighted by atomic mass is 16.5. The van der Waals surface area contributed by atoms with Crippen LogP contribution in [0.15, 0.2) is 18.2 Å². The Balaban J connectivity index is 2.21.